The highest BCUT2D eigenvalue weighted by Crippen LogP contribution is 2.26. The summed E-state index contributed by atoms with van der Waals surface area (Å²) in [4.78, 5) is 14.5. The van der Waals surface area contributed by atoms with E-state index in [0.717, 1.165) is 12.8 Å². The zero-order valence-electron chi connectivity index (χ0n) is 12.5. The Morgan fingerprint density at radius 2 is 2.23 bits per heavy atom. The number of aromatic nitrogens is 2. The third-order valence-electron chi connectivity index (χ3n) is 3.99. The number of hydrogen-bond acceptors (Lipinski definition) is 5. The van der Waals surface area contributed by atoms with Crippen LogP contribution in [0.2, 0.25) is 0 Å². The molecule has 116 valence electrons. The topological polar surface area (TPSA) is 55.3 Å². The van der Waals surface area contributed by atoms with Crippen molar-refractivity contribution >= 4 is 17.4 Å². The monoisotopic (exact) mass is 317 g/mol. The van der Waals surface area contributed by atoms with Gasteiger partial charge in [0.15, 0.2) is 5.69 Å². The molecule has 0 unspecified atom stereocenters. The first kappa shape index (κ1) is 15.1. The Labute approximate surface area is 134 Å². The lowest BCUT2D eigenvalue weighted by atomic mass is 10.0. The molecule has 6 heteroatoms. The van der Waals surface area contributed by atoms with Crippen LogP contribution in [0.3, 0.4) is 0 Å². The van der Waals surface area contributed by atoms with Gasteiger partial charge in [-0.25, -0.2) is 0 Å². The number of carbonyl (C=O) groups is 1. The number of amides is 1. The van der Waals surface area contributed by atoms with Crippen LogP contribution in [0.5, 0.6) is 0 Å². The van der Waals surface area contributed by atoms with E-state index < -0.39 is 0 Å². The van der Waals surface area contributed by atoms with Crippen molar-refractivity contribution in [2.24, 2.45) is 0 Å². The number of benzene rings is 1. The number of rotatable bonds is 5. The summed E-state index contributed by atoms with van der Waals surface area (Å²) in [5.41, 5.74) is 1.65. The first-order valence-electron chi connectivity index (χ1n) is 7.53. The van der Waals surface area contributed by atoms with Crippen LogP contribution in [-0.4, -0.2) is 45.7 Å². The minimum atomic E-state index is -0.0446. The highest BCUT2D eigenvalue weighted by molar-refractivity contribution is 7.03. The summed E-state index contributed by atoms with van der Waals surface area (Å²) in [6.45, 7) is 3.36. The van der Waals surface area contributed by atoms with E-state index in [0.29, 0.717) is 18.8 Å². The number of hydrogen-bond donors (Lipinski definition) is 0. The number of nitrogens with zero attached hydrogens (tertiary/aromatic N) is 3. The van der Waals surface area contributed by atoms with Gasteiger partial charge in [0.2, 0.25) is 0 Å². The molecule has 0 radical (unpaired) electrons. The van der Waals surface area contributed by atoms with Crippen molar-refractivity contribution < 1.29 is 9.53 Å². The fraction of sp³-hybridized carbons (Fsp3) is 0.438. The molecule has 2 heterocycles. The van der Waals surface area contributed by atoms with Gasteiger partial charge in [-0.15, -0.1) is 5.10 Å². The molecule has 2 atom stereocenters. The zero-order valence-corrected chi connectivity index (χ0v) is 13.3. The normalized spacial score (nSPS) is 21.2. The van der Waals surface area contributed by atoms with Gasteiger partial charge in [-0.05, 0) is 36.9 Å². The molecular weight excluding hydrogens is 298 g/mol. The molecule has 2 aromatic rings. The summed E-state index contributed by atoms with van der Waals surface area (Å²) in [7, 11) is 0. The van der Waals surface area contributed by atoms with Crippen LogP contribution in [0.15, 0.2) is 35.7 Å². The second-order valence-corrected chi connectivity index (χ2v) is 5.94. The molecule has 1 aromatic carbocycles. The standard InChI is InChI=1S/C16H19N3O2S/c1-2-21-15-8-9-19(16(20)13-11-22-18-17-13)14(15)10-12-6-4-3-5-7-12/h3-7,11,14-15H,2,8-10H2,1H3/t14-,15-/m0/s1. The molecule has 1 fully saturated rings. The third-order valence-corrected chi connectivity index (χ3v) is 4.50. The summed E-state index contributed by atoms with van der Waals surface area (Å²) in [6.07, 6.45) is 1.75. The largest absolute Gasteiger partial charge is 0.376 e. The van der Waals surface area contributed by atoms with Crippen LogP contribution < -0.4 is 0 Å². The van der Waals surface area contributed by atoms with Crippen LogP contribution >= 0.6 is 11.5 Å². The molecule has 0 spiro atoms. The molecule has 1 aliphatic rings. The number of ether oxygens (including phenoxy) is 1. The van der Waals surface area contributed by atoms with Crippen molar-refractivity contribution in [2.75, 3.05) is 13.2 Å². The SMILES string of the molecule is CCO[C@H]1CCN(C(=O)c2csnn2)[C@H]1Cc1ccccc1. The maximum absolute atomic E-state index is 12.6. The van der Waals surface area contributed by atoms with Gasteiger partial charge in [-0.3, -0.25) is 4.79 Å². The van der Waals surface area contributed by atoms with Crippen LogP contribution in [0.1, 0.15) is 29.4 Å². The van der Waals surface area contributed by atoms with Crippen molar-refractivity contribution in [1.29, 1.82) is 0 Å². The van der Waals surface area contributed by atoms with Gasteiger partial charge in [-0.1, -0.05) is 34.8 Å². The summed E-state index contributed by atoms with van der Waals surface area (Å²) in [5.74, 6) is -0.0446. The Hall–Kier alpha value is -1.79. The molecule has 0 saturated carbocycles. The van der Waals surface area contributed by atoms with Gasteiger partial charge in [-0.2, -0.15) is 0 Å². The smallest absolute Gasteiger partial charge is 0.275 e. The molecule has 1 aromatic heterocycles. The highest BCUT2D eigenvalue weighted by Gasteiger charge is 2.38. The van der Waals surface area contributed by atoms with Crippen molar-refractivity contribution in [1.82, 2.24) is 14.5 Å². The van der Waals surface area contributed by atoms with E-state index in [-0.39, 0.29) is 18.1 Å². The molecule has 1 aliphatic heterocycles. The predicted molar refractivity (Wildman–Crippen MR) is 84.9 cm³/mol. The maximum Gasteiger partial charge on any atom is 0.275 e. The minimum Gasteiger partial charge on any atom is -0.376 e. The van der Waals surface area contributed by atoms with Crippen molar-refractivity contribution in [3.05, 3.63) is 47.0 Å². The summed E-state index contributed by atoms with van der Waals surface area (Å²) in [5, 5.41) is 5.61. The molecule has 1 saturated heterocycles. The molecule has 22 heavy (non-hydrogen) atoms. The van der Waals surface area contributed by atoms with Crippen LogP contribution in [0.4, 0.5) is 0 Å². The van der Waals surface area contributed by atoms with E-state index in [4.69, 9.17) is 4.74 Å². The lowest BCUT2D eigenvalue weighted by Crippen LogP contribution is -2.42. The molecule has 1 amide bonds. The van der Waals surface area contributed by atoms with E-state index in [9.17, 15) is 4.79 Å². The summed E-state index contributed by atoms with van der Waals surface area (Å²) < 4.78 is 9.65. The lowest BCUT2D eigenvalue weighted by Gasteiger charge is -2.27. The maximum atomic E-state index is 12.6. The Balaban J connectivity index is 1.80. The molecular formula is C16H19N3O2S. The summed E-state index contributed by atoms with van der Waals surface area (Å²) in [6, 6.07) is 10.3. The molecule has 0 bridgehead atoms. The molecule has 0 N–H and O–H groups in total. The molecule has 3 rings (SSSR count). The zero-order chi connectivity index (χ0) is 15.4. The van der Waals surface area contributed by atoms with Crippen molar-refractivity contribution in [3.8, 4) is 0 Å². The fourth-order valence-electron chi connectivity index (χ4n) is 2.99. The lowest BCUT2D eigenvalue weighted by molar-refractivity contribution is 0.0310. The first-order chi connectivity index (χ1) is 10.8. The van der Waals surface area contributed by atoms with Crippen LogP contribution in [0, 0.1) is 0 Å². The Bertz CT molecular complexity index is 603. The van der Waals surface area contributed by atoms with E-state index in [1.165, 1.54) is 17.1 Å². The fourth-order valence-corrected chi connectivity index (χ4v) is 3.42. The van der Waals surface area contributed by atoms with Crippen LogP contribution in [-0.2, 0) is 11.2 Å². The van der Waals surface area contributed by atoms with Gasteiger partial charge in [0, 0.05) is 18.5 Å². The molecule has 5 nitrogen and oxygen atoms in total. The van der Waals surface area contributed by atoms with Crippen LogP contribution in [0.25, 0.3) is 0 Å². The minimum absolute atomic E-state index is 0.0446. The van der Waals surface area contributed by atoms with Gasteiger partial charge in [0.25, 0.3) is 5.91 Å². The Morgan fingerprint density at radius 1 is 1.41 bits per heavy atom. The Kier molecular flexibility index (Phi) is 4.80. The van der Waals surface area contributed by atoms with Gasteiger partial charge >= 0.3 is 0 Å². The summed E-state index contributed by atoms with van der Waals surface area (Å²) >= 11 is 1.20. The second-order valence-electron chi connectivity index (χ2n) is 5.33. The van der Waals surface area contributed by atoms with Gasteiger partial charge in [0.05, 0.1) is 12.1 Å². The van der Waals surface area contributed by atoms with E-state index >= 15 is 0 Å². The van der Waals surface area contributed by atoms with Gasteiger partial charge in [0.1, 0.15) is 0 Å². The first-order valence-corrected chi connectivity index (χ1v) is 8.36. The average molecular weight is 317 g/mol. The van der Waals surface area contributed by atoms with Crippen molar-refractivity contribution in [3.63, 3.8) is 0 Å². The van der Waals surface area contributed by atoms with E-state index in [1.54, 1.807) is 5.38 Å². The number of carbonyl (C=O) groups excluding carboxylic acids is 1. The quantitative estimate of drug-likeness (QED) is 0.850. The third kappa shape index (κ3) is 3.18. The van der Waals surface area contributed by atoms with Gasteiger partial charge < -0.3 is 9.64 Å². The molecule has 0 aliphatic carbocycles. The predicted octanol–water partition coefficient (Wildman–Crippen LogP) is 2.40. The second kappa shape index (κ2) is 6.98. The van der Waals surface area contributed by atoms with E-state index in [1.807, 2.05) is 30.0 Å². The Morgan fingerprint density at radius 3 is 2.91 bits per heavy atom. The van der Waals surface area contributed by atoms with E-state index in [2.05, 4.69) is 21.7 Å². The highest BCUT2D eigenvalue weighted by atomic mass is 32.1. The van der Waals surface area contributed by atoms with Crippen molar-refractivity contribution in [2.45, 2.75) is 31.9 Å². The average Bonchev–Trinajstić information content (AvgIpc) is 3.19. The number of likely N-dealkylation sites (tertiary alicyclic amines) is 1.